The minimum Gasteiger partial charge on any atom is -0.216 e. The van der Waals surface area contributed by atoms with Crippen LogP contribution in [0.2, 0.25) is 0 Å². The van der Waals surface area contributed by atoms with Crippen molar-refractivity contribution in [2.75, 3.05) is 0 Å². The molecule has 0 atom stereocenters. The third-order valence-electron chi connectivity index (χ3n) is 3.15. The lowest BCUT2D eigenvalue weighted by Gasteiger charge is -2.44. The van der Waals surface area contributed by atoms with Crippen molar-refractivity contribution in [1.29, 1.82) is 0 Å². The molecular weight excluding hydrogens is 488 g/mol. The lowest BCUT2D eigenvalue weighted by atomic mass is 9.84. The Kier molecular flexibility index (Phi) is 6.00. The summed E-state index contributed by atoms with van der Waals surface area (Å²) in [7, 11) is 0. The highest BCUT2D eigenvalue weighted by atomic mass is 19.4. The van der Waals surface area contributed by atoms with Crippen LogP contribution in [0.3, 0.4) is 0 Å². The summed E-state index contributed by atoms with van der Waals surface area (Å²) in [5.41, 5.74) is -8.79. The molecule has 0 aromatic carbocycles. The molecule has 29 heavy (non-hydrogen) atoms. The van der Waals surface area contributed by atoms with E-state index in [2.05, 4.69) is 0 Å². The van der Waals surface area contributed by atoms with Gasteiger partial charge in [0.25, 0.3) is 0 Å². The maximum absolute atomic E-state index is 13.1. The van der Waals surface area contributed by atoms with Crippen molar-refractivity contribution in [3.05, 3.63) is 0 Å². The van der Waals surface area contributed by atoms with Crippen molar-refractivity contribution < 1.29 is 87.8 Å². The van der Waals surface area contributed by atoms with Crippen molar-refractivity contribution in [1.82, 2.24) is 0 Å². The average molecular weight is 488 g/mol. The number of hydrogen-bond acceptors (Lipinski definition) is 0. The van der Waals surface area contributed by atoms with E-state index < -0.39 is 53.8 Å². The third kappa shape index (κ3) is 3.23. The van der Waals surface area contributed by atoms with Gasteiger partial charge in [-0.15, -0.1) is 0 Å². The molecule has 0 aliphatic heterocycles. The van der Waals surface area contributed by atoms with Gasteiger partial charge in [-0.3, -0.25) is 0 Å². The fourth-order valence-corrected chi connectivity index (χ4v) is 1.50. The Bertz CT molecular complexity index is 583. The van der Waals surface area contributed by atoms with Crippen molar-refractivity contribution in [3.63, 3.8) is 0 Å². The van der Waals surface area contributed by atoms with Gasteiger partial charge in [-0.2, -0.15) is 83.4 Å². The van der Waals surface area contributed by atoms with Gasteiger partial charge in [0.2, 0.25) is 0 Å². The van der Waals surface area contributed by atoms with Gasteiger partial charge in [0.1, 0.15) is 0 Å². The lowest BCUT2D eigenvalue weighted by molar-refractivity contribution is -0.477. The van der Waals surface area contributed by atoms with Crippen molar-refractivity contribution in [2.24, 2.45) is 0 Å². The van der Waals surface area contributed by atoms with Crippen LogP contribution in [0.4, 0.5) is 87.8 Å². The first-order valence-electron chi connectivity index (χ1n) is 5.78. The van der Waals surface area contributed by atoms with Crippen LogP contribution in [0, 0.1) is 0 Å². The molecule has 176 valence electrons. The smallest absolute Gasteiger partial charge is 0.216 e. The zero-order chi connectivity index (χ0) is 24.5. The van der Waals surface area contributed by atoms with E-state index in [-0.39, 0.29) is 0 Å². The maximum Gasteiger partial charge on any atom is 0.460 e. The van der Waals surface area contributed by atoms with Crippen molar-refractivity contribution in [3.8, 4) is 0 Å². The maximum atomic E-state index is 13.1. The van der Waals surface area contributed by atoms with Crippen LogP contribution in [0.25, 0.3) is 0 Å². The average Bonchev–Trinajstić information content (AvgIpc) is 2.41. The zero-order valence-electron chi connectivity index (χ0n) is 12.1. The van der Waals surface area contributed by atoms with Gasteiger partial charge in [0.05, 0.1) is 0 Å². The van der Waals surface area contributed by atoms with Crippen LogP contribution in [0.5, 0.6) is 0 Å². The Labute approximate surface area is 143 Å². The SMILES string of the molecule is FC(F)(F)C(F)(F)C(F)(F)C(F)(F)C(F)(F)C(F)(F)C(F)(C(F)(F)F)C(F)(F)F. The van der Waals surface area contributed by atoms with E-state index in [4.69, 9.17) is 0 Å². The Morgan fingerprint density at radius 2 is 0.414 bits per heavy atom. The normalized spacial score (nSPS) is 17.0. The van der Waals surface area contributed by atoms with Gasteiger partial charge in [0.15, 0.2) is 0 Å². The molecule has 0 heterocycles. The van der Waals surface area contributed by atoms with Gasteiger partial charge in [-0.1, -0.05) is 0 Å². The first-order valence-corrected chi connectivity index (χ1v) is 5.78. The fraction of sp³-hybridized carbons (Fsp3) is 1.00. The molecule has 0 aliphatic carbocycles. The summed E-state index contributed by atoms with van der Waals surface area (Å²) < 4.78 is 249. The van der Waals surface area contributed by atoms with Crippen LogP contribution in [0.1, 0.15) is 0 Å². The highest BCUT2D eigenvalue weighted by Crippen LogP contribution is 2.66. The molecule has 0 aromatic rings. The topological polar surface area (TPSA) is 0 Å². The number of halogens is 20. The molecule has 0 nitrogen and oxygen atoms in total. The quantitative estimate of drug-likeness (QED) is 0.385. The summed E-state index contributed by atoms with van der Waals surface area (Å²) >= 11 is 0. The van der Waals surface area contributed by atoms with Gasteiger partial charge < -0.3 is 0 Å². The van der Waals surface area contributed by atoms with Gasteiger partial charge in [0, 0.05) is 0 Å². The first kappa shape index (κ1) is 27.6. The van der Waals surface area contributed by atoms with E-state index in [1.54, 1.807) is 0 Å². The summed E-state index contributed by atoms with van der Waals surface area (Å²) in [5, 5.41) is 0. The Morgan fingerprint density at radius 3 is 0.621 bits per heavy atom. The molecule has 0 aliphatic rings. The van der Waals surface area contributed by atoms with Gasteiger partial charge >= 0.3 is 53.8 Å². The van der Waals surface area contributed by atoms with E-state index in [1.165, 1.54) is 0 Å². The molecule has 0 rings (SSSR count). The number of alkyl halides is 20. The van der Waals surface area contributed by atoms with Crippen LogP contribution < -0.4 is 0 Å². The fourth-order valence-electron chi connectivity index (χ4n) is 1.50. The van der Waals surface area contributed by atoms with Crippen LogP contribution >= 0.6 is 0 Å². The van der Waals surface area contributed by atoms with E-state index >= 15 is 0 Å². The highest BCUT2D eigenvalue weighted by molar-refractivity contribution is 5.18. The molecular formula is C9F20. The molecule has 0 unspecified atom stereocenters. The van der Waals surface area contributed by atoms with E-state index in [1.807, 2.05) is 0 Å². The molecule has 0 N–H and O–H groups in total. The van der Waals surface area contributed by atoms with Crippen molar-refractivity contribution >= 4 is 0 Å². The number of hydrogen-bond donors (Lipinski definition) is 0. The number of rotatable bonds is 5. The summed E-state index contributed by atoms with van der Waals surface area (Å²) in [6.45, 7) is 0. The molecule has 0 aromatic heterocycles. The Balaban J connectivity index is 7.04. The van der Waals surface area contributed by atoms with Gasteiger partial charge in [-0.25, -0.2) is 4.39 Å². The Hall–Kier alpha value is -1.40. The third-order valence-corrected chi connectivity index (χ3v) is 3.15. The van der Waals surface area contributed by atoms with Crippen molar-refractivity contribution in [2.45, 2.75) is 53.8 Å². The van der Waals surface area contributed by atoms with E-state index in [9.17, 15) is 87.8 Å². The van der Waals surface area contributed by atoms with E-state index in [0.29, 0.717) is 0 Å². The van der Waals surface area contributed by atoms with Crippen LogP contribution in [-0.4, -0.2) is 53.8 Å². The highest BCUT2D eigenvalue weighted by Gasteiger charge is 2.98. The predicted octanol–water partition coefficient (Wildman–Crippen LogP) is 6.56. The van der Waals surface area contributed by atoms with Gasteiger partial charge in [-0.05, 0) is 0 Å². The summed E-state index contributed by atoms with van der Waals surface area (Å²) in [6, 6.07) is 0. The molecule has 0 radical (unpaired) electrons. The monoisotopic (exact) mass is 488 g/mol. The minimum absolute atomic E-state index is 7.95. The van der Waals surface area contributed by atoms with Crippen LogP contribution in [0.15, 0.2) is 0 Å². The summed E-state index contributed by atoms with van der Waals surface area (Å²) in [5.74, 6) is -44.4. The standard InChI is InChI=1S/C9F20/c10-1(7(21,22)23,8(24,25)26)2(11,12)3(13,14)4(15,16)5(17,18)6(19,20)9(27,28)29. The summed E-state index contributed by atoms with van der Waals surface area (Å²) in [4.78, 5) is 0. The minimum atomic E-state index is -9.11. The molecule has 0 spiro atoms. The molecule has 20 heteroatoms. The molecule has 0 bridgehead atoms. The largest absolute Gasteiger partial charge is 0.460 e. The molecule has 0 fully saturated rings. The molecule has 0 saturated carbocycles. The molecule has 0 saturated heterocycles. The second-order valence-corrected chi connectivity index (χ2v) is 5.02. The lowest BCUT2D eigenvalue weighted by Crippen LogP contribution is -2.77. The zero-order valence-corrected chi connectivity index (χ0v) is 12.1. The Morgan fingerprint density at radius 1 is 0.207 bits per heavy atom. The second kappa shape index (κ2) is 6.30. The summed E-state index contributed by atoms with van der Waals surface area (Å²) in [6.07, 6.45) is -24.6. The second-order valence-electron chi connectivity index (χ2n) is 5.02. The predicted molar refractivity (Wildman–Crippen MR) is 46.7 cm³/mol. The molecule has 0 amide bonds. The first-order chi connectivity index (χ1) is 12.0. The van der Waals surface area contributed by atoms with E-state index in [0.717, 1.165) is 0 Å². The van der Waals surface area contributed by atoms with Crippen LogP contribution in [-0.2, 0) is 0 Å².